The standard InChI is InChI=1S/C17H22ClN3OS/c1-10(2)23-12(4)13-8-6-7-9-14(13)19-17(22)15-11(3)20-21(5)16(15)18/h6-10,12H,1-5H3,(H,19,22)/p+1. The number of hydrogen-bond acceptors (Lipinski definition) is 3. The third-order valence-corrected chi connectivity index (χ3v) is 5.25. The van der Waals surface area contributed by atoms with Crippen LogP contribution in [0, 0.1) is 0 Å². The molecule has 124 valence electrons. The molecule has 1 heterocycles. The summed E-state index contributed by atoms with van der Waals surface area (Å²) in [5.74, 6) is -0.206. The van der Waals surface area contributed by atoms with Gasteiger partial charge < -0.3 is 5.32 Å². The average molecular weight is 353 g/mol. The van der Waals surface area contributed by atoms with Gasteiger partial charge in [-0.2, -0.15) is 16.8 Å². The Hall–Kier alpha value is -1.30. The predicted octanol–water partition coefficient (Wildman–Crippen LogP) is 3.18. The van der Waals surface area contributed by atoms with E-state index in [9.17, 15) is 4.79 Å². The fraction of sp³-hybridized carbons (Fsp3) is 0.412. The van der Waals surface area contributed by atoms with Crippen LogP contribution in [0.3, 0.4) is 0 Å². The fourth-order valence-electron chi connectivity index (χ4n) is 2.59. The molecule has 23 heavy (non-hydrogen) atoms. The first-order valence-electron chi connectivity index (χ1n) is 7.66. The summed E-state index contributed by atoms with van der Waals surface area (Å²) >= 11 is 8.08. The lowest BCUT2D eigenvalue weighted by Gasteiger charge is -2.18. The van der Waals surface area contributed by atoms with Crippen molar-refractivity contribution < 1.29 is 9.80 Å². The van der Waals surface area contributed by atoms with Crippen LogP contribution in [-0.2, 0) is 4.79 Å². The monoisotopic (exact) mass is 352 g/mol. The Balaban J connectivity index is 2.24. The number of halogens is 1. The molecule has 0 spiro atoms. The van der Waals surface area contributed by atoms with E-state index in [2.05, 4.69) is 37.3 Å². The molecule has 0 aromatic heterocycles. The van der Waals surface area contributed by atoms with Gasteiger partial charge in [-0.15, -0.1) is 0 Å². The summed E-state index contributed by atoms with van der Waals surface area (Å²) in [5.41, 5.74) is 3.06. The first kappa shape index (κ1) is 18.0. The lowest BCUT2D eigenvalue weighted by Crippen LogP contribution is -3.00. The lowest BCUT2D eigenvalue weighted by atomic mass is 10.1. The summed E-state index contributed by atoms with van der Waals surface area (Å²) in [4.78, 5) is 12.6. The molecular formula is C17H23ClN3OS+. The average Bonchev–Trinajstić information content (AvgIpc) is 2.71. The SMILES string of the molecule is CC1=N[NH+](C)C(Cl)=C1C(=O)Nc1ccccc1C(C)SC(C)C. The minimum atomic E-state index is -0.206. The van der Waals surface area contributed by atoms with Crippen molar-refractivity contribution in [1.29, 1.82) is 0 Å². The van der Waals surface area contributed by atoms with Crippen molar-refractivity contribution in [2.75, 3.05) is 12.4 Å². The van der Waals surface area contributed by atoms with Gasteiger partial charge in [-0.25, -0.2) is 0 Å². The van der Waals surface area contributed by atoms with E-state index in [1.807, 2.05) is 30.0 Å². The van der Waals surface area contributed by atoms with Crippen LogP contribution in [0.5, 0.6) is 0 Å². The number of para-hydroxylation sites is 1. The van der Waals surface area contributed by atoms with Gasteiger partial charge in [0, 0.05) is 10.9 Å². The van der Waals surface area contributed by atoms with E-state index in [0.29, 0.717) is 31.9 Å². The Kier molecular flexibility index (Phi) is 5.89. The van der Waals surface area contributed by atoms with Gasteiger partial charge in [0.05, 0.1) is 7.05 Å². The smallest absolute Gasteiger partial charge is 0.264 e. The van der Waals surface area contributed by atoms with E-state index in [0.717, 1.165) is 11.3 Å². The van der Waals surface area contributed by atoms with Crippen LogP contribution in [0.25, 0.3) is 0 Å². The van der Waals surface area contributed by atoms with Crippen LogP contribution in [0.15, 0.2) is 40.1 Å². The van der Waals surface area contributed by atoms with Crippen LogP contribution in [-0.4, -0.2) is 23.9 Å². The number of benzene rings is 1. The highest BCUT2D eigenvalue weighted by Crippen LogP contribution is 2.35. The Morgan fingerprint density at radius 3 is 2.52 bits per heavy atom. The van der Waals surface area contributed by atoms with Crippen molar-refractivity contribution in [1.82, 2.24) is 0 Å². The molecule has 2 rings (SSSR count). The summed E-state index contributed by atoms with van der Waals surface area (Å²) in [7, 11) is 1.81. The van der Waals surface area contributed by atoms with Gasteiger partial charge in [-0.05, 0) is 42.3 Å². The van der Waals surface area contributed by atoms with E-state index in [4.69, 9.17) is 11.6 Å². The zero-order valence-corrected chi connectivity index (χ0v) is 15.7. The highest BCUT2D eigenvalue weighted by molar-refractivity contribution is 8.00. The van der Waals surface area contributed by atoms with Crippen molar-refractivity contribution in [3.63, 3.8) is 0 Å². The molecule has 1 aromatic carbocycles. The number of nitrogens with zero attached hydrogens (tertiary/aromatic N) is 1. The topological polar surface area (TPSA) is 45.9 Å². The third kappa shape index (κ3) is 4.16. The molecule has 1 aliphatic rings. The van der Waals surface area contributed by atoms with E-state index in [1.54, 1.807) is 14.0 Å². The van der Waals surface area contributed by atoms with E-state index in [1.165, 1.54) is 0 Å². The van der Waals surface area contributed by atoms with Gasteiger partial charge >= 0.3 is 0 Å². The molecule has 0 radical (unpaired) electrons. The number of hydrogen-bond donors (Lipinski definition) is 2. The molecule has 0 bridgehead atoms. The minimum absolute atomic E-state index is 0.206. The second kappa shape index (κ2) is 7.51. The molecule has 0 saturated carbocycles. The number of carbonyl (C=O) groups excluding carboxylic acids is 1. The molecule has 2 atom stereocenters. The van der Waals surface area contributed by atoms with Crippen LogP contribution >= 0.6 is 23.4 Å². The quantitative estimate of drug-likeness (QED) is 0.799. The zero-order chi connectivity index (χ0) is 17.1. The summed E-state index contributed by atoms with van der Waals surface area (Å²) in [6.45, 7) is 8.30. The van der Waals surface area contributed by atoms with Crippen LogP contribution < -0.4 is 10.3 Å². The molecular weight excluding hydrogens is 330 g/mol. The minimum Gasteiger partial charge on any atom is -0.321 e. The first-order chi connectivity index (χ1) is 10.8. The molecule has 2 N–H and O–H groups in total. The molecule has 0 saturated heterocycles. The molecule has 0 aliphatic carbocycles. The summed E-state index contributed by atoms with van der Waals surface area (Å²) in [6.07, 6.45) is 0. The number of amides is 1. The molecule has 2 unspecified atom stereocenters. The number of anilines is 1. The van der Waals surface area contributed by atoms with E-state index in [-0.39, 0.29) is 5.91 Å². The second-order valence-electron chi connectivity index (χ2n) is 5.84. The van der Waals surface area contributed by atoms with Gasteiger partial charge in [0.1, 0.15) is 11.3 Å². The lowest BCUT2D eigenvalue weighted by molar-refractivity contribution is -0.836. The van der Waals surface area contributed by atoms with E-state index < -0.39 is 0 Å². The molecule has 6 heteroatoms. The Bertz CT molecular complexity index is 670. The Morgan fingerprint density at radius 2 is 1.96 bits per heavy atom. The van der Waals surface area contributed by atoms with Crippen molar-refractivity contribution in [3.8, 4) is 0 Å². The predicted molar refractivity (Wildman–Crippen MR) is 99.1 cm³/mol. The highest BCUT2D eigenvalue weighted by atomic mass is 35.5. The Labute approximate surface area is 147 Å². The van der Waals surface area contributed by atoms with Gasteiger partial charge in [0.25, 0.3) is 5.91 Å². The molecule has 1 aromatic rings. The maximum absolute atomic E-state index is 12.6. The normalized spacial score (nSPS) is 19.1. The van der Waals surface area contributed by atoms with Crippen molar-refractivity contribution in [3.05, 3.63) is 40.6 Å². The number of rotatable bonds is 5. The maximum atomic E-state index is 12.6. The first-order valence-corrected chi connectivity index (χ1v) is 8.98. The van der Waals surface area contributed by atoms with Gasteiger partial charge in [-0.3, -0.25) is 4.79 Å². The van der Waals surface area contributed by atoms with Crippen LogP contribution in [0.2, 0.25) is 0 Å². The fourth-order valence-corrected chi connectivity index (χ4v) is 4.03. The summed E-state index contributed by atoms with van der Waals surface area (Å²) < 4.78 is 0. The largest absolute Gasteiger partial charge is 0.321 e. The third-order valence-electron chi connectivity index (χ3n) is 3.58. The van der Waals surface area contributed by atoms with E-state index >= 15 is 0 Å². The molecule has 0 fully saturated rings. The van der Waals surface area contributed by atoms with Crippen LogP contribution in [0.4, 0.5) is 5.69 Å². The van der Waals surface area contributed by atoms with Crippen molar-refractivity contribution in [2.45, 2.75) is 38.2 Å². The molecule has 1 amide bonds. The number of carbonyl (C=O) groups is 1. The highest BCUT2D eigenvalue weighted by Gasteiger charge is 2.31. The second-order valence-corrected chi connectivity index (χ2v) is 8.14. The van der Waals surface area contributed by atoms with Gasteiger partial charge in [0.2, 0.25) is 5.16 Å². The van der Waals surface area contributed by atoms with Gasteiger partial charge in [-0.1, -0.05) is 37.1 Å². The van der Waals surface area contributed by atoms with Crippen molar-refractivity contribution >= 4 is 40.7 Å². The summed E-state index contributed by atoms with van der Waals surface area (Å²) in [6, 6.07) is 7.90. The van der Waals surface area contributed by atoms with Crippen LogP contribution in [0.1, 0.15) is 38.5 Å². The number of nitrogens with one attached hydrogen (secondary N) is 2. The number of quaternary nitrogens is 1. The molecule has 1 aliphatic heterocycles. The maximum Gasteiger partial charge on any atom is 0.264 e. The molecule has 4 nitrogen and oxygen atoms in total. The van der Waals surface area contributed by atoms with Crippen molar-refractivity contribution in [2.24, 2.45) is 5.10 Å². The number of thioether (sulfide) groups is 1. The Morgan fingerprint density at radius 1 is 1.30 bits per heavy atom. The zero-order valence-electron chi connectivity index (χ0n) is 14.1. The summed E-state index contributed by atoms with van der Waals surface area (Å²) in [5, 5.41) is 9.21. The van der Waals surface area contributed by atoms with Gasteiger partial charge in [0.15, 0.2) is 0 Å².